The van der Waals surface area contributed by atoms with Crippen molar-refractivity contribution < 1.29 is 0 Å². The highest BCUT2D eigenvalue weighted by molar-refractivity contribution is 6.33. The van der Waals surface area contributed by atoms with Gasteiger partial charge in [0.05, 0.1) is 5.69 Å². The molecule has 0 aliphatic heterocycles. The summed E-state index contributed by atoms with van der Waals surface area (Å²) in [6.45, 7) is 3.68. The lowest BCUT2D eigenvalue weighted by molar-refractivity contribution is 0.963. The van der Waals surface area contributed by atoms with Crippen LogP contribution in [0, 0.1) is 13.8 Å². The summed E-state index contributed by atoms with van der Waals surface area (Å²) in [5.41, 5.74) is 1.94. The smallest absolute Gasteiger partial charge is 0.312 e. The van der Waals surface area contributed by atoms with E-state index >= 15 is 0 Å². The maximum absolute atomic E-state index is 11.4. The Bertz CT molecular complexity index is 526. The number of nitrogens with zero attached hydrogens (tertiary/aromatic N) is 2. The molecule has 2 rings (SSSR count). The summed E-state index contributed by atoms with van der Waals surface area (Å²) in [6, 6.07) is 0. The fraction of sp³-hybridized carbons (Fsp3) is 0.250. The van der Waals surface area contributed by atoms with Crippen molar-refractivity contribution in [3.8, 4) is 0 Å². The monoisotopic (exact) mass is 197 g/mol. The van der Waals surface area contributed by atoms with E-state index in [2.05, 4.69) is 9.97 Å². The molecule has 68 valence electrons. The van der Waals surface area contributed by atoms with Crippen LogP contribution in [0.4, 0.5) is 0 Å². The molecule has 0 radical (unpaired) electrons. The van der Waals surface area contributed by atoms with Gasteiger partial charge in [-0.1, -0.05) is 11.6 Å². The second-order valence-corrected chi connectivity index (χ2v) is 3.29. The molecule has 0 unspecified atom stereocenters. The molecule has 0 spiro atoms. The van der Waals surface area contributed by atoms with E-state index in [0.29, 0.717) is 10.7 Å². The SMILES string of the molecule is Cc1nc2c(Cl)c[nH]c(=O)n2c1C. The Hall–Kier alpha value is -1.29. The van der Waals surface area contributed by atoms with Crippen molar-refractivity contribution in [3.05, 3.63) is 33.1 Å². The standard InChI is InChI=1S/C8H8ClN3O/c1-4-5(2)12-7(11-4)6(9)3-10-8(12)13/h3H,1-2H3,(H,10,13). The van der Waals surface area contributed by atoms with E-state index in [1.54, 1.807) is 0 Å². The Kier molecular flexibility index (Phi) is 1.66. The summed E-state index contributed by atoms with van der Waals surface area (Å²) in [6.07, 6.45) is 1.45. The Balaban J connectivity index is 3.09. The third-order valence-corrected chi connectivity index (χ3v) is 2.36. The van der Waals surface area contributed by atoms with Crippen molar-refractivity contribution in [1.82, 2.24) is 14.4 Å². The lowest BCUT2D eigenvalue weighted by atomic mass is 10.4. The van der Waals surface area contributed by atoms with Crippen LogP contribution in [0.5, 0.6) is 0 Å². The quantitative estimate of drug-likeness (QED) is 0.692. The molecule has 4 nitrogen and oxygen atoms in total. The van der Waals surface area contributed by atoms with E-state index in [9.17, 15) is 4.79 Å². The molecule has 0 aliphatic rings. The van der Waals surface area contributed by atoms with Gasteiger partial charge >= 0.3 is 5.69 Å². The molecule has 0 fully saturated rings. The number of nitrogens with one attached hydrogen (secondary N) is 1. The molecule has 2 aromatic rings. The van der Waals surface area contributed by atoms with E-state index in [1.807, 2.05) is 13.8 Å². The Morgan fingerprint density at radius 2 is 2.23 bits per heavy atom. The Morgan fingerprint density at radius 1 is 1.54 bits per heavy atom. The van der Waals surface area contributed by atoms with Gasteiger partial charge in [0, 0.05) is 11.9 Å². The van der Waals surface area contributed by atoms with E-state index in [-0.39, 0.29) is 5.69 Å². The van der Waals surface area contributed by atoms with Gasteiger partial charge < -0.3 is 4.98 Å². The second-order valence-electron chi connectivity index (χ2n) is 2.88. The minimum absolute atomic E-state index is 0.211. The molecule has 2 aromatic heterocycles. The lowest BCUT2D eigenvalue weighted by Gasteiger charge is -1.95. The van der Waals surface area contributed by atoms with Gasteiger partial charge in [-0.3, -0.25) is 0 Å². The molecular formula is C8H8ClN3O. The number of aromatic amines is 1. The van der Waals surface area contributed by atoms with Crippen LogP contribution in [-0.4, -0.2) is 14.4 Å². The highest BCUT2D eigenvalue weighted by Crippen LogP contribution is 2.15. The number of imidazole rings is 1. The van der Waals surface area contributed by atoms with Crippen LogP contribution in [0.1, 0.15) is 11.4 Å². The zero-order valence-corrected chi connectivity index (χ0v) is 8.01. The molecule has 0 amide bonds. The molecule has 2 heterocycles. The van der Waals surface area contributed by atoms with Gasteiger partial charge in [0.15, 0.2) is 5.65 Å². The first kappa shape index (κ1) is 8.31. The van der Waals surface area contributed by atoms with Gasteiger partial charge in [-0.15, -0.1) is 0 Å². The van der Waals surface area contributed by atoms with Crippen molar-refractivity contribution in [1.29, 1.82) is 0 Å². The van der Waals surface area contributed by atoms with E-state index < -0.39 is 0 Å². The van der Waals surface area contributed by atoms with Gasteiger partial charge in [-0.05, 0) is 13.8 Å². The molecule has 0 aliphatic carbocycles. The van der Waals surface area contributed by atoms with Crippen molar-refractivity contribution in [3.63, 3.8) is 0 Å². The van der Waals surface area contributed by atoms with Crippen molar-refractivity contribution in [2.45, 2.75) is 13.8 Å². The molecule has 0 saturated heterocycles. The molecule has 1 N–H and O–H groups in total. The number of aryl methyl sites for hydroxylation is 2. The molecule has 13 heavy (non-hydrogen) atoms. The normalized spacial score (nSPS) is 11.0. The van der Waals surface area contributed by atoms with Crippen molar-refractivity contribution in [2.75, 3.05) is 0 Å². The minimum atomic E-state index is -0.211. The molecule has 0 bridgehead atoms. The average molecular weight is 198 g/mol. The highest BCUT2D eigenvalue weighted by atomic mass is 35.5. The topological polar surface area (TPSA) is 50.2 Å². The summed E-state index contributed by atoms with van der Waals surface area (Å²) >= 11 is 5.86. The average Bonchev–Trinajstić information content (AvgIpc) is 2.38. The van der Waals surface area contributed by atoms with Crippen molar-refractivity contribution >= 4 is 17.2 Å². The molecule has 0 aromatic carbocycles. The fourth-order valence-electron chi connectivity index (χ4n) is 1.27. The van der Waals surface area contributed by atoms with Gasteiger partial charge in [0.25, 0.3) is 0 Å². The van der Waals surface area contributed by atoms with Gasteiger partial charge in [-0.25, -0.2) is 14.2 Å². The Morgan fingerprint density at radius 3 is 2.85 bits per heavy atom. The van der Waals surface area contributed by atoms with Crippen LogP contribution in [-0.2, 0) is 0 Å². The lowest BCUT2D eigenvalue weighted by Crippen LogP contribution is -2.16. The summed E-state index contributed by atoms with van der Waals surface area (Å²) in [7, 11) is 0. The molecular weight excluding hydrogens is 190 g/mol. The number of hydrogen-bond donors (Lipinski definition) is 1. The highest BCUT2D eigenvalue weighted by Gasteiger charge is 2.09. The van der Waals surface area contributed by atoms with Crippen LogP contribution in [0.2, 0.25) is 5.02 Å². The first-order valence-electron chi connectivity index (χ1n) is 3.84. The van der Waals surface area contributed by atoms with Gasteiger partial charge in [-0.2, -0.15) is 0 Å². The van der Waals surface area contributed by atoms with Crippen LogP contribution < -0.4 is 5.69 Å². The summed E-state index contributed by atoms with van der Waals surface area (Å²) in [5, 5.41) is 0.454. The third kappa shape index (κ3) is 1.06. The fourth-order valence-corrected chi connectivity index (χ4v) is 1.45. The zero-order valence-electron chi connectivity index (χ0n) is 7.26. The maximum atomic E-state index is 11.4. The largest absolute Gasteiger partial charge is 0.331 e. The van der Waals surface area contributed by atoms with Crippen LogP contribution in [0.25, 0.3) is 5.65 Å². The van der Waals surface area contributed by atoms with Gasteiger partial charge in [0.1, 0.15) is 5.02 Å². The number of rotatable bonds is 0. The number of aromatic nitrogens is 3. The summed E-state index contributed by atoms with van der Waals surface area (Å²) in [5.74, 6) is 0. The zero-order chi connectivity index (χ0) is 9.59. The first-order valence-corrected chi connectivity index (χ1v) is 4.22. The van der Waals surface area contributed by atoms with Crippen LogP contribution in [0.3, 0.4) is 0 Å². The minimum Gasteiger partial charge on any atom is -0.312 e. The van der Waals surface area contributed by atoms with E-state index in [4.69, 9.17) is 11.6 Å². The second kappa shape index (κ2) is 2.60. The number of halogens is 1. The predicted molar refractivity (Wildman–Crippen MR) is 50.3 cm³/mol. The number of fused-ring (bicyclic) bond motifs is 1. The first-order chi connectivity index (χ1) is 6.11. The molecule has 0 atom stereocenters. The third-order valence-electron chi connectivity index (χ3n) is 2.08. The van der Waals surface area contributed by atoms with Gasteiger partial charge in [0.2, 0.25) is 0 Å². The Labute approximate surface area is 79.2 Å². The van der Waals surface area contributed by atoms with E-state index in [0.717, 1.165) is 11.4 Å². The van der Waals surface area contributed by atoms with Crippen LogP contribution >= 0.6 is 11.6 Å². The van der Waals surface area contributed by atoms with Crippen LogP contribution in [0.15, 0.2) is 11.0 Å². The predicted octanol–water partition coefficient (Wildman–Crippen LogP) is 1.29. The van der Waals surface area contributed by atoms with E-state index in [1.165, 1.54) is 10.6 Å². The number of H-pyrrole nitrogens is 1. The summed E-state index contributed by atoms with van der Waals surface area (Å²) < 4.78 is 1.47. The molecule has 0 saturated carbocycles. The van der Waals surface area contributed by atoms with Crippen molar-refractivity contribution in [2.24, 2.45) is 0 Å². The number of hydrogen-bond acceptors (Lipinski definition) is 2. The molecule has 5 heteroatoms. The maximum Gasteiger partial charge on any atom is 0.331 e. The summed E-state index contributed by atoms with van der Waals surface area (Å²) in [4.78, 5) is 18.1.